The zero-order chi connectivity index (χ0) is 20.9. The Bertz CT molecular complexity index is 1080. The van der Waals surface area contributed by atoms with Gasteiger partial charge in [-0.05, 0) is 54.4 Å². The quantitative estimate of drug-likeness (QED) is 0.614. The van der Waals surface area contributed by atoms with Crippen molar-refractivity contribution in [2.75, 3.05) is 10.8 Å². The number of carbonyl (C=O) groups is 1. The van der Waals surface area contributed by atoms with Crippen molar-refractivity contribution in [3.05, 3.63) is 95.0 Å². The number of hydrogen-bond acceptors (Lipinski definition) is 3. The minimum absolute atomic E-state index is 0.145. The average Bonchev–Trinajstić information content (AvgIpc) is 2.72. The molecule has 7 heteroatoms. The maximum Gasteiger partial charge on any atom is 0.264 e. The lowest BCUT2D eigenvalue weighted by Gasteiger charge is -2.24. The number of benzene rings is 3. The van der Waals surface area contributed by atoms with Crippen molar-refractivity contribution in [3.8, 4) is 0 Å². The summed E-state index contributed by atoms with van der Waals surface area (Å²) in [5.74, 6) is -0.403. The Morgan fingerprint density at radius 3 is 2.31 bits per heavy atom. The Morgan fingerprint density at radius 2 is 1.66 bits per heavy atom. The standard InChI is InChI=1S/C22H21ClN2O3S/c1-17-6-5-9-21(14-17)29(27,28)25(20-7-3-2-4-8-20)16-22(26)24-15-18-10-12-19(23)13-11-18/h2-14H,15-16H2,1H3,(H,24,26). The van der Waals surface area contributed by atoms with Gasteiger partial charge in [0.05, 0.1) is 10.6 Å². The Labute approximate surface area is 176 Å². The van der Waals surface area contributed by atoms with Crippen molar-refractivity contribution in [2.45, 2.75) is 18.4 Å². The third kappa shape index (κ3) is 5.37. The average molecular weight is 429 g/mol. The minimum atomic E-state index is -3.91. The van der Waals surface area contributed by atoms with Crippen molar-refractivity contribution in [3.63, 3.8) is 0 Å². The minimum Gasteiger partial charge on any atom is -0.350 e. The molecule has 0 atom stereocenters. The van der Waals surface area contributed by atoms with E-state index < -0.39 is 15.9 Å². The van der Waals surface area contributed by atoms with Gasteiger partial charge in [-0.1, -0.05) is 54.1 Å². The lowest BCUT2D eigenvalue weighted by molar-refractivity contribution is -0.119. The van der Waals surface area contributed by atoms with Gasteiger partial charge < -0.3 is 5.32 Å². The highest BCUT2D eigenvalue weighted by molar-refractivity contribution is 7.92. The molecule has 0 saturated heterocycles. The number of amides is 1. The van der Waals surface area contributed by atoms with E-state index in [0.717, 1.165) is 15.4 Å². The largest absolute Gasteiger partial charge is 0.350 e. The molecule has 1 N–H and O–H groups in total. The molecule has 0 fully saturated rings. The molecule has 0 aromatic heterocycles. The maximum atomic E-state index is 13.3. The van der Waals surface area contributed by atoms with Crippen LogP contribution in [0.4, 0.5) is 5.69 Å². The fraction of sp³-hybridized carbons (Fsp3) is 0.136. The molecule has 0 aliphatic carbocycles. The van der Waals surface area contributed by atoms with E-state index in [1.54, 1.807) is 66.7 Å². The molecule has 5 nitrogen and oxygen atoms in total. The zero-order valence-electron chi connectivity index (χ0n) is 15.9. The van der Waals surface area contributed by atoms with Crippen molar-refractivity contribution >= 4 is 33.2 Å². The predicted molar refractivity (Wildman–Crippen MR) is 115 cm³/mol. The molecular weight excluding hydrogens is 408 g/mol. The highest BCUT2D eigenvalue weighted by Gasteiger charge is 2.27. The van der Waals surface area contributed by atoms with E-state index in [9.17, 15) is 13.2 Å². The van der Waals surface area contributed by atoms with Crippen molar-refractivity contribution in [1.82, 2.24) is 5.32 Å². The summed E-state index contributed by atoms with van der Waals surface area (Å²) in [6, 6.07) is 22.3. The molecule has 0 saturated carbocycles. The van der Waals surface area contributed by atoms with Gasteiger partial charge >= 0.3 is 0 Å². The number of nitrogens with zero attached hydrogens (tertiary/aromatic N) is 1. The first kappa shape index (κ1) is 20.9. The maximum absolute atomic E-state index is 13.3. The molecular formula is C22H21ClN2O3S. The number of para-hydroxylation sites is 1. The molecule has 150 valence electrons. The first-order valence-corrected chi connectivity index (χ1v) is 10.8. The third-order valence-corrected chi connectivity index (χ3v) is 6.33. The van der Waals surface area contributed by atoms with Crippen molar-refractivity contribution in [1.29, 1.82) is 0 Å². The lowest BCUT2D eigenvalue weighted by Crippen LogP contribution is -2.40. The number of rotatable bonds is 7. The van der Waals surface area contributed by atoms with E-state index in [4.69, 9.17) is 11.6 Å². The van der Waals surface area contributed by atoms with Crippen LogP contribution in [0.15, 0.2) is 83.8 Å². The van der Waals surface area contributed by atoms with Gasteiger partial charge in [0.25, 0.3) is 10.0 Å². The summed E-state index contributed by atoms with van der Waals surface area (Å²) in [5.41, 5.74) is 2.12. The van der Waals surface area contributed by atoms with E-state index in [1.807, 2.05) is 13.0 Å². The molecule has 3 rings (SSSR count). The van der Waals surface area contributed by atoms with Crippen molar-refractivity contribution in [2.24, 2.45) is 0 Å². The molecule has 0 heterocycles. The van der Waals surface area contributed by atoms with Crippen LogP contribution in [0.1, 0.15) is 11.1 Å². The van der Waals surface area contributed by atoms with E-state index in [2.05, 4.69) is 5.32 Å². The normalized spacial score (nSPS) is 11.1. The molecule has 0 aliphatic heterocycles. The van der Waals surface area contributed by atoms with Crippen LogP contribution in [-0.2, 0) is 21.4 Å². The van der Waals surface area contributed by atoms with Gasteiger partial charge in [-0.3, -0.25) is 9.10 Å². The van der Waals surface area contributed by atoms with Gasteiger partial charge in [0.2, 0.25) is 5.91 Å². The highest BCUT2D eigenvalue weighted by Crippen LogP contribution is 2.23. The second-order valence-electron chi connectivity index (χ2n) is 6.57. The number of hydrogen-bond donors (Lipinski definition) is 1. The van der Waals surface area contributed by atoms with Crippen LogP contribution in [0.5, 0.6) is 0 Å². The molecule has 0 unspecified atom stereocenters. The van der Waals surface area contributed by atoms with Crippen LogP contribution in [0.3, 0.4) is 0 Å². The molecule has 0 bridgehead atoms. The molecule has 29 heavy (non-hydrogen) atoms. The van der Waals surface area contributed by atoms with Crippen LogP contribution in [-0.4, -0.2) is 20.9 Å². The molecule has 1 amide bonds. The topological polar surface area (TPSA) is 66.5 Å². The van der Waals surface area contributed by atoms with Crippen molar-refractivity contribution < 1.29 is 13.2 Å². The smallest absolute Gasteiger partial charge is 0.264 e. The number of halogens is 1. The number of sulfonamides is 1. The van der Waals surface area contributed by atoms with Gasteiger partial charge in [0.15, 0.2) is 0 Å². The van der Waals surface area contributed by atoms with Crippen LogP contribution in [0.25, 0.3) is 0 Å². The van der Waals surface area contributed by atoms with Crippen LogP contribution < -0.4 is 9.62 Å². The Balaban J connectivity index is 1.82. The third-order valence-electron chi connectivity index (χ3n) is 4.31. The Hall–Kier alpha value is -2.83. The summed E-state index contributed by atoms with van der Waals surface area (Å²) in [5, 5.41) is 3.38. The molecule has 3 aromatic rings. The first-order valence-electron chi connectivity index (χ1n) is 9.02. The van der Waals surface area contributed by atoms with E-state index >= 15 is 0 Å². The fourth-order valence-corrected chi connectivity index (χ4v) is 4.45. The summed E-state index contributed by atoms with van der Waals surface area (Å²) < 4.78 is 27.7. The summed E-state index contributed by atoms with van der Waals surface area (Å²) >= 11 is 5.87. The number of anilines is 1. The number of aryl methyl sites for hydroxylation is 1. The fourth-order valence-electron chi connectivity index (χ4n) is 2.80. The van der Waals surface area contributed by atoms with Gasteiger partial charge in [-0.2, -0.15) is 0 Å². The van der Waals surface area contributed by atoms with E-state index in [0.29, 0.717) is 10.7 Å². The Morgan fingerprint density at radius 1 is 0.966 bits per heavy atom. The lowest BCUT2D eigenvalue weighted by atomic mass is 10.2. The SMILES string of the molecule is Cc1cccc(S(=O)(=O)N(CC(=O)NCc2ccc(Cl)cc2)c2ccccc2)c1. The second kappa shape index (κ2) is 9.11. The molecule has 0 spiro atoms. The van der Waals surface area contributed by atoms with Gasteiger partial charge in [-0.15, -0.1) is 0 Å². The molecule has 0 radical (unpaired) electrons. The molecule has 3 aromatic carbocycles. The van der Waals surface area contributed by atoms with E-state index in [1.165, 1.54) is 6.07 Å². The second-order valence-corrected chi connectivity index (χ2v) is 8.87. The highest BCUT2D eigenvalue weighted by atomic mass is 35.5. The summed E-state index contributed by atoms with van der Waals surface area (Å²) in [6.45, 7) is 1.78. The zero-order valence-corrected chi connectivity index (χ0v) is 17.5. The van der Waals surface area contributed by atoms with E-state index in [-0.39, 0.29) is 18.0 Å². The Kier molecular flexibility index (Phi) is 6.56. The summed E-state index contributed by atoms with van der Waals surface area (Å²) in [4.78, 5) is 12.7. The van der Waals surface area contributed by atoms with Gasteiger partial charge in [0, 0.05) is 11.6 Å². The van der Waals surface area contributed by atoms with Crippen LogP contribution >= 0.6 is 11.6 Å². The first-order chi connectivity index (χ1) is 13.9. The van der Waals surface area contributed by atoms with Gasteiger partial charge in [-0.25, -0.2) is 8.42 Å². The number of nitrogens with one attached hydrogen (secondary N) is 1. The monoisotopic (exact) mass is 428 g/mol. The summed E-state index contributed by atoms with van der Waals surface area (Å²) in [6.07, 6.45) is 0. The molecule has 0 aliphatic rings. The van der Waals surface area contributed by atoms with Crippen LogP contribution in [0, 0.1) is 6.92 Å². The van der Waals surface area contributed by atoms with Gasteiger partial charge in [0.1, 0.15) is 6.54 Å². The van der Waals surface area contributed by atoms with Crippen LogP contribution in [0.2, 0.25) is 5.02 Å². The predicted octanol–water partition coefficient (Wildman–Crippen LogP) is 4.16. The number of carbonyl (C=O) groups excluding carboxylic acids is 1. The summed E-state index contributed by atoms with van der Waals surface area (Å²) in [7, 11) is -3.91.